The Hall–Kier alpha value is -2.14. The second kappa shape index (κ2) is 6.77. The van der Waals surface area contributed by atoms with E-state index in [0.717, 1.165) is 18.4 Å². The standard InChI is InChI=1S/C18H20ClN3O2/c1-10-6-11(2)8-12(7-10)9-20-17-14(19)15(18(23)24-3)21-16(22-17)13-4-5-13/h6-8,13H,4-5,9H2,1-3H3,(H,20,21,22). The quantitative estimate of drug-likeness (QED) is 0.829. The van der Waals surface area contributed by atoms with Crippen molar-refractivity contribution in [1.29, 1.82) is 0 Å². The minimum atomic E-state index is -0.543. The first kappa shape index (κ1) is 16.7. The molecule has 0 aliphatic heterocycles. The van der Waals surface area contributed by atoms with Gasteiger partial charge in [0.25, 0.3) is 0 Å². The number of hydrogen-bond acceptors (Lipinski definition) is 5. The van der Waals surface area contributed by atoms with Gasteiger partial charge in [-0.2, -0.15) is 0 Å². The first-order valence-corrected chi connectivity index (χ1v) is 8.32. The minimum Gasteiger partial charge on any atom is -0.464 e. The van der Waals surface area contributed by atoms with Crippen molar-refractivity contribution >= 4 is 23.4 Å². The van der Waals surface area contributed by atoms with Gasteiger partial charge >= 0.3 is 5.97 Å². The first-order valence-electron chi connectivity index (χ1n) is 7.94. The Labute approximate surface area is 146 Å². The van der Waals surface area contributed by atoms with Gasteiger partial charge < -0.3 is 10.1 Å². The van der Waals surface area contributed by atoms with Crippen LogP contribution in [-0.4, -0.2) is 23.0 Å². The number of halogens is 1. The van der Waals surface area contributed by atoms with Crippen LogP contribution in [0, 0.1) is 13.8 Å². The van der Waals surface area contributed by atoms with Gasteiger partial charge in [0, 0.05) is 12.5 Å². The summed E-state index contributed by atoms with van der Waals surface area (Å²) < 4.78 is 4.78. The predicted octanol–water partition coefficient (Wildman–Crippen LogP) is 4.02. The monoisotopic (exact) mass is 345 g/mol. The number of carbonyl (C=O) groups excluding carboxylic acids is 1. The van der Waals surface area contributed by atoms with E-state index in [1.165, 1.54) is 18.2 Å². The van der Waals surface area contributed by atoms with E-state index in [1.54, 1.807) is 0 Å². The maximum absolute atomic E-state index is 11.9. The van der Waals surface area contributed by atoms with Crippen molar-refractivity contribution in [1.82, 2.24) is 9.97 Å². The molecule has 1 N–H and O–H groups in total. The van der Waals surface area contributed by atoms with E-state index >= 15 is 0 Å². The fourth-order valence-corrected chi connectivity index (χ4v) is 2.92. The van der Waals surface area contributed by atoms with E-state index in [9.17, 15) is 4.79 Å². The lowest BCUT2D eigenvalue weighted by Gasteiger charge is -2.12. The summed E-state index contributed by atoms with van der Waals surface area (Å²) >= 11 is 6.32. The molecule has 1 aliphatic rings. The highest BCUT2D eigenvalue weighted by molar-refractivity contribution is 6.35. The van der Waals surface area contributed by atoms with E-state index in [4.69, 9.17) is 16.3 Å². The summed E-state index contributed by atoms with van der Waals surface area (Å²) in [4.78, 5) is 20.7. The van der Waals surface area contributed by atoms with Crippen LogP contribution in [0.3, 0.4) is 0 Å². The average molecular weight is 346 g/mol. The zero-order valence-electron chi connectivity index (χ0n) is 14.0. The summed E-state index contributed by atoms with van der Waals surface area (Å²) in [6, 6.07) is 6.35. The van der Waals surface area contributed by atoms with E-state index in [-0.39, 0.29) is 10.7 Å². The number of methoxy groups -OCH3 is 1. The fourth-order valence-electron chi connectivity index (χ4n) is 2.69. The lowest BCUT2D eigenvalue weighted by Crippen LogP contribution is -2.12. The number of carbonyl (C=O) groups is 1. The fraction of sp³-hybridized carbons (Fsp3) is 0.389. The third-order valence-corrected chi connectivity index (χ3v) is 4.29. The zero-order chi connectivity index (χ0) is 17.3. The van der Waals surface area contributed by atoms with Crippen molar-refractivity contribution in [2.24, 2.45) is 0 Å². The molecule has 0 unspecified atom stereocenters. The number of nitrogens with one attached hydrogen (secondary N) is 1. The highest BCUT2D eigenvalue weighted by Crippen LogP contribution is 2.39. The van der Waals surface area contributed by atoms with E-state index in [2.05, 4.69) is 47.3 Å². The molecule has 1 aliphatic carbocycles. The molecule has 1 heterocycles. The average Bonchev–Trinajstić information content (AvgIpc) is 3.37. The van der Waals surface area contributed by atoms with Gasteiger partial charge in [-0.25, -0.2) is 14.8 Å². The van der Waals surface area contributed by atoms with Crippen molar-refractivity contribution in [2.45, 2.75) is 39.2 Å². The molecule has 3 rings (SSSR count). The molecule has 0 saturated heterocycles. The van der Waals surface area contributed by atoms with Crippen molar-refractivity contribution in [3.8, 4) is 0 Å². The largest absolute Gasteiger partial charge is 0.464 e. The van der Waals surface area contributed by atoms with Crippen LogP contribution >= 0.6 is 11.6 Å². The molecule has 1 aromatic heterocycles. The van der Waals surface area contributed by atoms with Gasteiger partial charge in [-0.05, 0) is 32.3 Å². The molecule has 1 saturated carbocycles. The highest BCUT2D eigenvalue weighted by atomic mass is 35.5. The Balaban J connectivity index is 1.88. The number of rotatable bonds is 5. The Morgan fingerprint density at radius 2 is 1.92 bits per heavy atom. The number of benzene rings is 1. The second-order valence-electron chi connectivity index (χ2n) is 6.21. The molecule has 2 aromatic rings. The van der Waals surface area contributed by atoms with Gasteiger partial charge in [0.05, 0.1) is 7.11 Å². The van der Waals surface area contributed by atoms with Gasteiger partial charge in [0.15, 0.2) is 5.69 Å². The molecule has 0 atom stereocenters. The number of aromatic nitrogens is 2. The molecular weight excluding hydrogens is 326 g/mol. The summed E-state index contributed by atoms with van der Waals surface area (Å²) in [5.41, 5.74) is 3.66. The van der Waals surface area contributed by atoms with Crippen LogP contribution < -0.4 is 5.32 Å². The van der Waals surface area contributed by atoms with Gasteiger partial charge in [-0.15, -0.1) is 0 Å². The predicted molar refractivity (Wildman–Crippen MR) is 93.6 cm³/mol. The van der Waals surface area contributed by atoms with E-state index in [0.29, 0.717) is 24.1 Å². The van der Waals surface area contributed by atoms with Crippen LogP contribution in [0.25, 0.3) is 0 Å². The SMILES string of the molecule is COC(=O)c1nc(C2CC2)nc(NCc2cc(C)cc(C)c2)c1Cl. The summed E-state index contributed by atoms with van der Waals surface area (Å²) in [6.45, 7) is 4.70. The third kappa shape index (κ3) is 3.67. The lowest BCUT2D eigenvalue weighted by atomic mass is 10.1. The van der Waals surface area contributed by atoms with Gasteiger partial charge in [-0.3, -0.25) is 0 Å². The molecule has 0 amide bonds. The molecule has 0 spiro atoms. The first-order chi connectivity index (χ1) is 11.5. The Kier molecular flexibility index (Phi) is 4.71. The van der Waals surface area contributed by atoms with Crippen LogP contribution in [0.15, 0.2) is 18.2 Å². The Morgan fingerprint density at radius 1 is 1.25 bits per heavy atom. The van der Waals surface area contributed by atoms with Crippen molar-refractivity contribution in [2.75, 3.05) is 12.4 Å². The molecular formula is C18H20ClN3O2. The topological polar surface area (TPSA) is 64.1 Å². The molecule has 0 radical (unpaired) electrons. The highest BCUT2D eigenvalue weighted by Gasteiger charge is 2.30. The van der Waals surface area contributed by atoms with Gasteiger partial charge in [-0.1, -0.05) is 40.9 Å². The smallest absolute Gasteiger partial charge is 0.358 e. The van der Waals surface area contributed by atoms with Crippen LogP contribution in [-0.2, 0) is 11.3 Å². The molecule has 24 heavy (non-hydrogen) atoms. The zero-order valence-corrected chi connectivity index (χ0v) is 14.8. The number of anilines is 1. The number of aryl methyl sites for hydroxylation is 2. The van der Waals surface area contributed by atoms with Crippen LogP contribution in [0.1, 0.15) is 51.8 Å². The molecule has 0 bridgehead atoms. The number of hydrogen-bond donors (Lipinski definition) is 1. The third-order valence-electron chi connectivity index (χ3n) is 3.93. The number of esters is 1. The summed E-state index contributed by atoms with van der Waals surface area (Å²) in [5.74, 6) is 0.905. The molecule has 5 nitrogen and oxygen atoms in total. The minimum absolute atomic E-state index is 0.124. The Bertz CT molecular complexity index is 768. The summed E-state index contributed by atoms with van der Waals surface area (Å²) in [7, 11) is 1.32. The maximum Gasteiger partial charge on any atom is 0.358 e. The van der Waals surface area contributed by atoms with Crippen molar-refractivity contribution in [3.63, 3.8) is 0 Å². The molecule has 126 valence electrons. The van der Waals surface area contributed by atoms with Crippen LogP contribution in [0.4, 0.5) is 5.82 Å². The summed E-state index contributed by atoms with van der Waals surface area (Å²) in [5, 5.41) is 3.44. The van der Waals surface area contributed by atoms with Crippen LogP contribution in [0.5, 0.6) is 0 Å². The lowest BCUT2D eigenvalue weighted by molar-refractivity contribution is 0.0593. The normalized spacial score (nSPS) is 13.7. The van der Waals surface area contributed by atoms with Crippen molar-refractivity contribution in [3.05, 3.63) is 51.4 Å². The number of ether oxygens (including phenoxy) is 1. The maximum atomic E-state index is 11.9. The van der Waals surface area contributed by atoms with E-state index < -0.39 is 5.97 Å². The molecule has 1 fully saturated rings. The van der Waals surface area contributed by atoms with E-state index in [1.807, 2.05) is 0 Å². The second-order valence-corrected chi connectivity index (χ2v) is 6.59. The summed E-state index contributed by atoms with van der Waals surface area (Å²) in [6.07, 6.45) is 2.08. The Morgan fingerprint density at radius 3 is 2.50 bits per heavy atom. The van der Waals surface area contributed by atoms with Gasteiger partial charge in [0.1, 0.15) is 16.7 Å². The molecule has 1 aromatic carbocycles. The number of nitrogens with zero attached hydrogens (tertiary/aromatic N) is 2. The van der Waals surface area contributed by atoms with Crippen molar-refractivity contribution < 1.29 is 9.53 Å². The molecule has 6 heteroatoms. The van der Waals surface area contributed by atoms with Gasteiger partial charge in [0.2, 0.25) is 0 Å². The van der Waals surface area contributed by atoms with Crippen LogP contribution in [0.2, 0.25) is 5.02 Å².